The summed E-state index contributed by atoms with van der Waals surface area (Å²) < 4.78 is 12.9. The highest BCUT2D eigenvalue weighted by Crippen LogP contribution is 2.33. The highest BCUT2D eigenvalue weighted by molar-refractivity contribution is 7.22. The van der Waals surface area contributed by atoms with Crippen LogP contribution in [0.5, 0.6) is 11.5 Å². The number of hydrogen-bond donors (Lipinski definition) is 1. The van der Waals surface area contributed by atoms with Crippen LogP contribution in [0.25, 0.3) is 10.2 Å². The molecular formula is C23H28N3O3S+. The Morgan fingerprint density at radius 2 is 1.97 bits per heavy atom. The van der Waals surface area contributed by atoms with Crippen molar-refractivity contribution in [2.45, 2.75) is 26.9 Å². The number of aromatic nitrogens is 1. The maximum absolute atomic E-state index is 13.5. The number of para-hydroxylation sites is 2. The van der Waals surface area contributed by atoms with Crippen molar-refractivity contribution in [3.8, 4) is 11.5 Å². The summed E-state index contributed by atoms with van der Waals surface area (Å²) >= 11 is 1.55. The molecule has 1 atom stereocenters. The lowest BCUT2D eigenvalue weighted by Crippen LogP contribution is -3.12. The number of nitrogens with one attached hydrogen (secondary N) is 1. The molecule has 2 aromatic carbocycles. The van der Waals surface area contributed by atoms with Gasteiger partial charge < -0.3 is 14.4 Å². The molecule has 0 radical (unpaired) electrons. The minimum absolute atomic E-state index is 0.105. The minimum Gasteiger partial charge on any atom is -0.485 e. The van der Waals surface area contributed by atoms with E-state index in [0.717, 1.165) is 35.0 Å². The predicted octanol–water partition coefficient (Wildman–Crippen LogP) is 2.70. The van der Waals surface area contributed by atoms with Gasteiger partial charge in [-0.25, -0.2) is 4.98 Å². The number of carbonyl (C=O) groups is 1. The molecule has 7 heteroatoms. The van der Waals surface area contributed by atoms with Crippen LogP contribution in [-0.4, -0.2) is 49.8 Å². The number of nitrogens with zero attached hydrogens (tertiary/aromatic N) is 2. The van der Waals surface area contributed by atoms with Crippen molar-refractivity contribution in [3.05, 3.63) is 48.0 Å². The van der Waals surface area contributed by atoms with Crippen molar-refractivity contribution in [3.63, 3.8) is 0 Å². The predicted molar refractivity (Wildman–Crippen MR) is 120 cm³/mol. The maximum atomic E-state index is 13.5. The number of amides is 1. The van der Waals surface area contributed by atoms with Crippen molar-refractivity contribution in [1.29, 1.82) is 0 Å². The number of quaternary nitrogens is 1. The molecule has 1 N–H and O–H groups in total. The molecule has 1 aliphatic rings. The summed E-state index contributed by atoms with van der Waals surface area (Å²) in [6, 6.07) is 13.6. The van der Waals surface area contributed by atoms with Crippen molar-refractivity contribution in [2.75, 3.05) is 37.7 Å². The zero-order valence-electron chi connectivity index (χ0n) is 17.7. The van der Waals surface area contributed by atoms with E-state index in [1.165, 1.54) is 10.5 Å². The molecule has 0 bridgehead atoms. The van der Waals surface area contributed by atoms with Gasteiger partial charge in [0.05, 0.1) is 36.4 Å². The summed E-state index contributed by atoms with van der Waals surface area (Å²) in [6.45, 7) is 10.1. The number of rotatable bonds is 7. The largest absolute Gasteiger partial charge is 0.485 e. The molecule has 30 heavy (non-hydrogen) atoms. The molecule has 158 valence electrons. The van der Waals surface area contributed by atoms with Gasteiger partial charge in [-0.2, -0.15) is 0 Å². The molecule has 1 aliphatic heterocycles. The van der Waals surface area contributed by atoms with Gasteiger partial charge in [-0.1, -0.05) is 29.5 Å². The molecule has 4 rings (SSSR count). The Balaban J connectivity index is 1.61. The number of aryl methyl sites for hydroxylation is 1. The molecule has 0 saturated heterocycles. The molecule has 0 aliphatic carbocycles. The second kappa shape index (κ2) is 9.02. The normalized spacial score (nSPS) is 15.5. The van der Waals surface area contributed by atoms with Crippen LogP contribution in [0, 0.1) is 6.92 Å². The van der Waals surface area contributed by atoms with E-state index in [4.69, 9.17) is 14.5 Å². The smallest absolute Gasteiger partial charge is 0.273 e. The number of thiazole rings is 1. The first-order chi connectivity index (χ1) is 14.6. The molecule has 0 spiro atoms. The topological polar surface area (TPSA) is 56.1 Å². The molecule has 0 fully saturated rings. The maximum Gasteiger partial charge on any atom is 0.273 e. The summed E-state index contributed by atoms with van der Waals surface area (Å²) in [5.41, 5.74) is 2.10. The van der Waals surface area contributed by atoms with Crippen LogP contribution in [0.15, 0.2) is 42.5 Å². The fraction of sp³-hybridized carbons (Fsp3) is 0.391. The fourth-order valence-electron chi connectivity index (χ4n) is 3.62. The molecule has 2 heterocycles. The second-order valence-corrected chi connectivity index (χ2v) is 8.54. The molecule has 6 nitrogen and oxygen atoms in total. The summed E-state index contributed by atoms with van der Waals surface area (Å²) in [6.07, 6.45) is -0.680. The van der Waals surface area contributed by atoms with Crippen LogP contribution in [0.4, 0.5) is 5.13 Å². The van der Waals surface area contributed by atoms with E-state index in [0.29, 0.717) is 18.0 Å². The van der Waals surface area contributed by atoms with E-state index in [9.17, 15) is 4.79 Å². The van der Waals surface area contributed by atoms with E-state index in [-0.39, 0.29) is 12.5 Å². The van der Waals surface area contributed by atoms with E-state index in [2.05, 4.69) is 26.8 Å². The zero-order valence-corrected chi connectivity index (χ0v) is 18.5. The van der Waals surface area contributed by atoms with Crippen molar-refractivity contribution in [1.82, 2.24) is 4.98 Å². The minimum atomic E-state index is -0.680. The van der Waals surface area contributed by atoms with E-state index in [1.807, 2.05) is 36.4 Å². The first-order valence-electron chi connectivity index (χ1n) is 10.5. The van der Waals surface area contributed by atoms with Crippen molar-refractivity contribution < 1.29 is 19.2 Å². The standard InChI is InChI=1S/C23H27N3O3S/c1-4-25(5-2)12-13-26(23-24-17-11-10-16(3)14-21(17)30-23)22(27)20-15-28-18-8-6-7-9-19(18)29-20/h6-11,14,20H,4-5,12-13,15H2,1-3H3/p+1/t20-/m1/s1. The molecule has 3 aromatic rings. The van der Waals surface area contributed by atoms with Crippen LogP contribution in [0.1, 0.15) is 19.4 Å². The average Bonchev–Trinajstić information content (AvgIpc) is 3.18. The number of benzene rings is 2. The van der Waals surface area contributed by atoms with Crippen molar-refractivity contribution in [2.24, 2.45) is 0 Å². The monoisotopic (exact) mass is 426 g/mol. The lowest BCUT2D eigenvalue weighted by molar-refractivity contribution is -0.894. The zero-order chi connectivity index (χ0) is 21.1. The number of likely N-dealkylation sites (N-methyl/N-ethyl adjacent to an activating group) is 1. The molecule has 1 amide bonds. The Kier molecular flexibility index (Phi) is 6.20. The first kappa shape index (κ1) is 20.6. The van der Waals surface area contributed by atoms with Gasteiger partial charge in [0.1, 0.15) is 6.61 Å². The number of carbonyl (C=O) groups excluding carboxylic acids is 1. The summed E-state index contributed by atoms with van der Waals surface area (Å²) in [5, 5.41) is 0.717. The Hall–Kier alpha value is -2.64. The third-order valence-electron chi connectivity index (χ3n) is 5.50. The Bertz CT molecular complexity index is 1030. The SMILES string of the molecule is CC[NH+](CC)CCN(C(=O)[C@H]1COc2ccccc2O1)c1nc2ccc(C)cc2s1. The molecule has 1 aromatic heterocycles. The number of fused-ring (bicyclic) bond motifs is 2. The average molecular weight is 427 g/mol. The van der Waals surface area contributed by atoms with Crippen LogP contribution < -0.4 is 19.3 Å². The third-order valence-corrected chi connectivity index (χ3v) is 6.54. The highest BCUT2D eigenvalue weighted by Gasteiger charge is 2.33. The van der Waals surface area contributed by atoms with Gasteiger partial charge in [-0.3, -0.25) is 9.69 Å². The van der Waals surface area contributed by atoms with Crippen LogP contribution in [0.2, 0.25) is 0 Å². The van der Waals surface area contributed by atoms with Gasteiger partial charge in [0.15, 0.2) is 16.6 Å². The third kappa shape index (κ3) is 4.27. The lowest BCUT2D eigenvalue weighted by Gasteiger charge is -2.30. The lowest BCUT2D eigenvalue weighted by atomic mass is 10.2. The Morgan fingerprint density at radius 1 is 1.20 bits per heavy atom. The number of ether oxygens (including phenoxy) is 2. The fourth-order valence-corrected chi connectivity index (χ4v) is 4.72. The van der Waals surface area contributed by atoms with E-state index >= 15 is 0 Å². The molecule has 0 saturated carbocycles. The highest BCUT2D eigenvalue weighted by atomic mass is 32.1. The quantitative estimate of drug-likeness (QED) is 0.631. The van der Waals surface area contributed by atoms with Gasteiger partial charge >= 0.3 is 0 Å². The summed E-state index contributed by atoms with van der Waals surface area (Å²) in [4.78, 5) is 21.5. The molecule has 0 unspecified atom stereocenters. The number of hydrogen-bond acceptors (Lipinski definition) is 5. The Labute approximate surface area is 181 Å². The number of anilines is 1. The van der Waals surface area contributed by atoms with E-state index < -0.39 is 6.10 Å². The van der Waals surface area contributed by atoms with Gasteiger partial charge in [0.25, 0.3) is 5.91 Å². The van der Waals surface area contributed by atoms with Crippen LogP contribution in [-0.2, 0) is 4.79 Å². The molecular weight excluding hydrogens is 398 g/mol. The first-order valence-corrected chi connectivity index (χ1v) is 11.3. The van der Waals surface area contributed by atoms with Gasteiger partial charge in [0, 0.05) is 0 Å². The Morgan fingerprint density at radius 3 is 2.73 bits per heavy atom. The van der Waals surface area contributed by atoms with Crippen molar-refractivity contribution >= 4 is 32.6 Å². The summed E-state index contributed by atoms with van der Waals surface area (Å²) in [7, 11) is 0. The van der Waals surface area contributed by atoms with E-state index in [1.54, 1.807) is 16.2 Å². The summed E-state index contributed by atoms with van der Waals surface area (Å²) in [5.74, 6) is 1.18. The second-order valence-electron chi connectivity index (χ2n) is 7.53. The van der Waals surface area contributed by atoms with Crippen LogP contribution >= 0.6 is 11.3 Å². The van der Waals surface area contributed by atoms with Gasteiger partial charge in [-0.05, 0) is 50.6 Å². The van der Waals surface area contributed by atoms with Gasteiger partial charge in [0.2, 0.25) is 6.10 Å². The van der Waals surface area contributed by atoms with Gasteiger partial charge in [-0.15, -0.1) is 0 Å². The van der Waals surface area contributed by atoms with Crippen LogP contribution in [0.3, 0.4) is 0 Å².